The predicted octanol–water partition coefficient (Wildman–Crippen LogP) is 2.76. The third-order valence-corrected chi connectivity index (χ3v) is 4.02. The fraction of sp³-hybridized carbons (Fsp3) is 0.333. The van der Waals surface area contributed by atoms with Gasteiger partial charge in [0.15, 0.2) is 0 Å². The largest absolute Gasteiger partial charge is 0.480 e. The number of nitrogens with one attached hydrogen (secondary N) is 1. The first-order valence-electron chi connectivity index (χ1n) is 9.14. The number of likely N-dealkylation sites (N-methyl/N-ethyl adjacent to an activating group) is 2. The van der Waals surface area contributed by atoms with Crippen molar-refractivity contribution in [2.45, 2.75) is 6.42 Å². The number of benzene rings is 2. The fourth-order valence-corrected chi connectivity index (χ4v) is 2.68. The molecule has 0 aliphatic heterocycles. The molecule has 28 heavy (non-hydrogen) atoms. The number of carbonyl (C=O) groups excluding carboxylic acids is 1. The summed E-state index contributed by atoms with van der Waals surface area (Å²) >= 11 is 0. The summed E-state index contributed by atoms with van der Waals surface area (Å²) in [6.07, 6.45) is 0.791. The van der Waals surface area contributed by atoms with Crippen LogP contribution in [0.3, 0.4) is 0 Å². The summed E-state index contributed by atoms with van der Waals surface area (Å²) in [4.78, 5) is 26.5. The Kier molecular flexibility index (Phi) is 8.45. The number of hydrogen-bond donors (Lipinski definition) is 2. The number of aliphatic carboxylic acids is 1. The monoisotopic (exact) mass is 385 g/mol. The van der Waals surface area contributed by atoms with Crippen molar-refractivity contribution in [3.63, 3.8) is 0 Å². The van der Waals surface area contributed by atoms with Gasteiger partial charge in [-0.25, -0.2) is 0 Å². The highest BCUT2D eigenvalue weighted by molar-refractivity contribution is 5.92. The van der Waals surface area contributed by atoms with Crippen LogP contribution in [-0.2, 0) is 9.59 Å². The first-order valence-corrected chi connectivity index (χ1v) is 9.14. The Morgan fingerprint density at radius 2 is 1.46 bits per heavy atom. The molecule has 0 aromatic heterocycles. The average molecular weight is 385 g/mol. The van der Waals surface area contributed by atoms with E-state index in [1.165, 1.54) is 0 Å². The summed E-state index contributed by atoms with van der Waals surface area (Å²) in [7, 11) is 3.64. The maximum atomic E-state index is 12.2. The molecule has 2 aromatic rings. The Morgan fingerprint density at radius 3 is 2.07 bits per heavy atom. The minimum absolute atomic E-state index is 0.0220. The fourth-order valence-electron chi connectivity index (χ4n) is 2.68. The van der Waals surface area contributed by atoms with E-state index in [9.17, 15) is 9.59 Å². The molecule has 2 aromatic carbocycles. The van der Waals surface area contributed by atoms with E-state index in [0.717, 1.165) is 12.2 Å². The maximum Gasteiger partial charge on any atom is 0.317 e. The number of carboxylic acid groups (broad SMARTS) is 1. The number of carboxylic acids is 1. The minimum atomic E-state index is -0.838. The third-order valence-electron chi connectivity index (χ3n) is 4.02. The van der Waals surface area contributed by atoms with Crippen LogP contribution in [0.25, 0.3) is 0 Å². The van der Waals surface area contributed by atoms with Crippen molar-refractivity contribution in [3.8, 4) is 11.5 Å². The number of para-hydroxylation sites is 1. The molecule has 0 spiro atoms. The van der Waals surface area contributed by atoms with Crippen molar-refractivity contribution in [2.75, 3.05) is 45.6 Å². The van der Waals surface area contributed by atoms with Gasteiger partial charge in [0.2, 0.25) is 5.91 Å². The number of nitrogens with zero attached hydrogens (tertiary/aromatic N) is 2. The van der Waals surface area contributed by atoms with Crippen molar-refractivity contribution < 1.29 is 19.4 Å². The molecule has 0 saturated heterocycles. The Morgan fingerprint density at radius 1 is 0.893 bits per heavy atom. The van der Waals surface area contributed by atoms with Gasteiger partial charge in [-0.1, -0.05) is 18.2 Å². The second-order valence-electron chi connectivity index (χ2n) is 6.71. The Balaban J connectivity index is 1.71. The lowest BCUT2D eigenvalue weighted by Gasteiger charge is -2.19. The van der Waals surface area contributed by atoms with E-state index in [4.69, 9.17) is 9.84 Å². The van der Waals surface area contributed by atoms with Crippen molar-refractivity contribution in [1.82, 2.24) is 9.80 Å². The van der Waals surface area contributed by atoms with E-state index in [1.807, 2.05) is 54.4 Å². The van der Waals surface area contributed by atoms with Crippen LogP contribution in [0.1, 0.15) is 6.42 Å². The molecule has 0 aliphatic rings. The van der Waals surface area contributed by atoms with Crippen molar-refractivity contribution in [1.29, 1.82) is 0 Å². The third kappa shape index (κ3) is 8.20. The Labute approximate surface area is 165 Å². The molecule has 0 heterocycles. The van der Waals surface area contributed by atoms with Gasteiger partial charge in [0.1, 0.15) is 11.5 Å². The molecule has 2 N–H and O–H groups in total. The maximum absolute atomic E-state index is 12.2. The first kappa shape index (κ1) is 21.4. The molecule has 1 amide bonds. The predicted molar refractivity (Wildman–Crippen MR) is 109 cm³/mol. The van der Waals surface area contributed by atoms with Crippen molar-refractivity contribution >= 4 is 17.6 Å². The molecule has 0 atom stereocenters. The van der Waals surface area contributed by atoms with Crippen LogP contribution in [0.4, 0.5) is 5.69 Å². The Bertz CT molecular complexity index is 750. The highest BCUT2D eigenvalue weighted by atomic mass is 16.5. The lowest BCUT2D eigenvalue weighted by Crippen LogP contribution is -2.33. The number of carbonyl (C=O) groups is 2. The van der Waals surface area contributed by atoms with Gasteiger partial charge in [0, 0.05) is 5.69 Å². The Hall–Kier alpha value is -2.90. The molecule has 0 bridgehead atoms. The van der Waals surface area contributed by atoms with Gasteiger partial charge in [-0.3, -0.25) is 19.4 Å². The first-order chi connectivity index (χ1) is 13.4. The van der Waals surface area contributed by atoms with Gasteiger partial charge in [-0.2, -0.15) is 0 Å². The van der Waals surface area contributed by atoms with Gasteiger partial charge in [-0.05, 0) is 70.0 Å². The average Bonchev–Trinajstić information content (AvgIpc) is 2.63. The van der Waals surface area contributed by atoms with Crippen LogP contribution in [0.15, 0.2) is 54.6 Å². The minimum Gasteiger partial charge on any atom is -0.480 e. The van der Waals surface area contributed by atoms with Crippen LogP contribution < -0.4 is 10.1 Å². The smallest absolute Gasteiger partial charge is 0.317 e. The lowest BCUT2D eigenvalue weighted by molar-refractivity contribution is -0.138. The summed E-state index contributed by atoms with van der Waals surface area (Å²) in [5.41, 5.74) is 0.708. The summed E-state index contributed by atoms with van der Waals surface area (Å²) in [6, 6.07) is 16.7. The van der Waals surface area contributed by atoms with Crippen LogP contribution >= 0.6 is 0 Å². The van der Waals surface area contributed by atoms with Gasteiger partial charge in [0.25, 0.3) is 0 Å². The summed E-state index contributed by atoms with van der Waals surface area (Å²) in [6.45, 7) is 1.67. The molecule has 0 saturated carbocycles. The number of hydrogen-bond acceptors (Lipinski definition) is 5. The van der Waals surface area contributed by atoms with Crippen LogP contribution in [0.5, 0.6) is 11.5 Å². The van der Waals surface area contributed by atoms with Gasteiger partial charge < -0.3 is 15.2 Å². The molecule has 7 heteroatoms. The SMILES string of the molecule is CN(CCCN(C)CC(=O)Nc1ccc(Oc2ccccc2)cc1)CC(=O)O. The van der Waals surface area contributed by atoms with Crippen LogP contribution in [0.2, 0.25) is 0 Å². The molecule has 0 fully saturated rings. The van der Waals surface area contributed by atoms with Crippen molar-refractivity contribution in [2.24, 2.45) is 0 Å². The van der Waals surface area contributed by atoms with Gasteiger partial charge in [-0.15, -0.1) is 0 Å². The highest BCUT2D eigenvalue weighted by Crippen LogP contribution is 2.22. The van der Waals surface area contributed by atoms with Crippen LogP contribution in [0, 0.1) is 0 Å². The van der Waals surface area contributed by atoms with E-state index in [2.05, 4.69) is 5.32 Å². The molecular weight excluding hydrogens is 358 g/mol. The van der Waals surface area contributed by atoms with Gasteiger partial charge in [0.05, 0.1) is 13.1 Å². The second-order valence-corrected chi connectivity index (χ2v) is 6.71. The van der Waals surface area contributed by atoms with E-state index in [1.54, 1.807) is 24.1 Å². The zero-order valence-electron chi connectivity index (χ0n) is 16.3. The quantitative estimate of drug-likeness (QED) is 0.619. The van der Waals surface area contributed by atoms with Crippen LogP contribution in [-0.4, -0.2) is 67.1 Å². The van der Waals surface area contributed by atoms with Crippen molar-refractivity contribution in [3.05, 3.63) is 54.6 Å². The summed E-state index contributed by atoms with van der Waals surface area (Å²) in [5, 5.41) is 11.6. The lowest BCUT2D eigenvalue weighted by atomic mass is 10.3. The number of amides is 1. The molecule has 0 aliphatic carbocycles. The topological polar surface area (TPSA) is 82.1 Å². The standard InChI is InChI=1S/C21H27N3O4/c1-23(13-6-14-24(2)16-21(26)27)15-20(25)22-17-9-11-19(12-10-17)28-18-7-4-3-5-8-18/h3-5,7-12H,6,13-16H2,1-2H3,(H,22,25)(H,26,27). The summed E-state index contributed by atoms with van der Waals surface area (Å²) in [5.74, 6) is 0.523. The number of anilines is 1. The molecule has 7 nitrogen and oxygen atoms in total. The number of rotatable bonds is 11. The zero-order valence-corrected chi connectivity index (χ0v) is 16.3. The van der Waals surface area contributed by atoms with E-state index in [0.29, 0.717) is 24.5 Å². The molecule has 2 rings (SSSR count). The second kappa shape index (κ2) is 11.1. The normalized spacial score (nSPS) is 10.9. The molecule has 150 valence electrons. The van der Waals surface area contributed by atoms with E-state index in [-0.39, 0.29) is 19.0 Å². The highest BCUT2D eigenvalue weighted by Gasteiger charge is 2.09. The number of ether oxygens (including phenoxy) is 1. The molecule has 0 radical (unpaired) electrons. The molecule has 0 unspecified atom stereocenters. The zero-order chi connectivity index (χ0) is 20.4. The van der Waals surface area contributed by atoms with Gasteiger partial charge >= 0.3 is 5.97 Å². The molecular formula is C21H27N3O4. The van der Waals surface area contributed by atoms with E-state index < -0.39 is 5.97 Å². The van der Waals surface area contributed by atoms with E-state index >= 15 is 0 Å². The summed E-state index contributed by atoms with van der Waals surface area (Å²) < 4.78 is 5.73.